The van der Waals surface area contributed by atoms with Crippen molar-refractivity contribution >= 4 is 23.1 Å². The molecule has 7 nitrogen and oxygen atoms in total. The second-order valence-corrected chi connectivity index (χ2v) is 7.31. The lowest BCUT2D eigenvalue weighted by Crippen LogP contribution is -2.14. The van der Waals surface area contributed by atoms with E-state index in [2.05, 4.69) is 25.7 Å². The van der Waals surface area contributed by atoms with Crippen molar-refractivity contribution in [2.24, 2.45) is 5.11 Å². The number of anilines is 2. The Labute approximate surface area is 195 Å². The lowest BCUT2D eigenvalue weighted by Gasteiger charge is -2.15. The average molecular weight is 452 g/mol. The molecule has 2 aromatic heterocycles. The van der Waals surface area contributed by atoms with Crippen LogP contribution >= 0.6 is 0 Å². The first-order chi connectivity index (χ1) is 16.6. The second-order valence-electron chi connectivity index (χ2n) is 7.31. The summed E-state index contributed by atoms with van der Waals surface area (Å²) in [6, 6.07) is 25.3. The quantitative estimate of drug-likeness (QED) is 0.221. The van der Waals surface area contributed by atoms with Gasteiger partial charge in [-0.3, -0.25) is 4.79 Å². The van der Waals surface area contributed by atoms with Crippen LogP contribution in [-0.2, 0) is 4.79 Å². The Kier molecular flexibility index (Phi) is 7.09. The topological polar surface area (TPSA) is 103 Å². The summed E-state index contributed by atoms with van der Waals surface area (Å²) in [5.74, 6) is -0.647. The van der Waals surface area contributed by atoms with Crippen molar-refractivity contribution in [2.45, 2.75) is 6.42 Å². The van der Waals surface area contributed by atoms with Gasteiger partial charge < -0.3 is 10.6 Å². The van der Waals surface area contributed by atoms with Crippen LogP contribution in [0.2, 0.25) is 0 Å². The summed E-state index contributed by atoms with van der Waals surface area (Å²) >= 11 is 0. The third-order valence-electron chi connectivity index (χ3n) is 4.95. The average Bonchev–Trinajstić information content (AvgIpc) is 2.87. The number of hydrogen-bond acceptors (Lipinski definition) is 6. The van der Waals surface area contributed by atoms with E-state index in [1.54, 1.807) is 18.3 Å². The number of halogens is 1. The van der Waals surface area contributed by atoms with Crippen LogP contribution in [0.25, 0.3) is 16.8 Å². The largest absolute Gasteiger partial charge is 0.353 e. The minimum absolute atomic E-state index is 0.182. The number of rotatable bonds is 8. The molecule has 0 spiro atoms. The van der Waals surface area contributed by atoms with Gasteiger partial charge in [-0.1, -0.05) is 60.7 Å². The summed E-state index contributed by atoms with van der Waals surface area (Å²) in [4.78, 5) is 20.6. The number of carbonyl (C=O) groups is 1. The molecule has 0 saturated carbocycles. The predicted molar refractivity (Wildman–Crippen MR) is 129 cm³/mol. The first-order valence-electron chi connectivity index (χ1n) is 10.5. The molecule has 0 bridgehead atoms. The molecule has 2 heterocycles. The Bertz CT molecular complexity index is 1310. The molecule has 3 N–H and O–H groups in total. The zero-order chi connectivity index (χ0) is 23.8. The fraction of sp³-hybridized carbons (Fsp3) is 0.0385. The maximum atomic E-state index is 13.6. The zero-order valence-electron chi connectivity index (χ0n) is 18.1. The molecule has 2 aromatic carbocycles. The smallest absolute Gasteiger partial charge is 0.231 e. The van der Waals surface area contributed by atoms with Crippen LogP contribution in [0.4, 0.5) is 15.9 Å². The van der Waals surface area contributed by atoms with Crippen LogP contribution in [0.1, 0.15) is 12.0 Å². The van der Waals surface area contributed by atoms with Gasteiger partial charge in [0.15, 0.2) is 0 Å². The molecule has 0 aliphatic carbocycles. The number of nitrogens with one attached hydrogen (secondary N) is 3. The fourth-order valence-electron chi connectivity index (χ4n) is 3.33. The number of aromatic nitrogens is 2. The van der Waals surface area contributed by atoms with Crippen LogP contribution in [-0.4, -0.2) is 15.9 Å². The van der Waals surface area contributed by atoms with Crippen LogP contribution in [0.5, 0.6) is 0 Å². The number of nitrogens with zero attached hydrogens (tertiary/aromatic N) is 3. The van der Waals surface area contributed by atoms with E-state index in [1.807, 2.05) is 66.7 Å². The van der Waals surface area contributed by atoms with Crippen molar-refractivity contribution in [1.82, 2.24) is 9.97 Å². The number of amides is 1. The van der Waals surface area contributed by atoms with E-state index < -0.39 is 5.95 Å². The molecular weight excluding hydrogens is 431 g/mol. The van der Waals surface area contributed by atoms with E-state index in [1.165, 1.54) is 12.3 Å². The molecule has 0 unspecified atom stereocenters. The van der Waals surface area contributed by atoms with E-state index >= 15 is 0 Å². The number of carbonyl (C=O) groups excluding carboxylic acids is 1. The van der Waals surface area contributed by atoms with Crippen molar-refractivity contribution in [1.29, 1.82) is 5.53 Å². The van der Waals surface area contributed by atoms with Crippen LogP contribution in [0, 0.1) is 11.5 Å². The third-order valence-corrected chi connectivity index (χ3v) is 4.95. The van der Waals surface area contributed by atoms with Crippen LogP contribution in [0.15, 0.2) is 108 Å². The summed E-state index contributed by atoms with van der Waals surface area (Å²) in [5, 5.41) is 9.41. The Morgan fingerprint density at radius 3 is 2.26 bits per heavy atom. The van der Waals surface area contributed by atoms with Gasteiger partial charge in [-0.25, -0.2) is 15.5 Å². The monoisotopic (exact) mass is 452 g/mol. The minimum atomic E-state index is -0.649. The highest BCUT2D eigenvalue weighted by Crippen LogP contribution is 2.25. The minimum Gasteiger partial charge on any atom is -0.353 e. The molecule has 8 heteroatoms. The third kappa shape index (κ3) is 5.74. The summed E-state index contributed by atoms with van der Waals surface area (Å²) in [5.41, 5.74) is 11.4. The summed E-state index contributed by atoms with van der Waals surface area (Å²) in [6.07, 6.45) is 2.83. The van der Waals surface area contributed by atoms with E-state index in [0.717, 1.165) is 11.1 Å². The molecule has 1 amide bonds. The van der Waals surface area contributed by atoms with Crippen molar-refractivity contribution in [2.75, 3.05) is 10.6 Å². The van der Waals surface area contributed by atoms with Crippen LogP contribution < -0.4 is 10.6 Å². The summed E-state index contributed by atoms with van der Waals surface area (Å²) in [6.45, 7) is 0. The first kappa shape index (κ1) is 22.5. The number of pyridine rings is 2. The van der Waals surface area contributed by atoms with Gasteiger partial charge in [-0.05, 0) is 29.3 Å². The standard InChI is InChI=1S/C26H21FN6O/c27-23-15-21(13-14-29-23)31-26(19-9-5-2-6-10-19)22(33-28)16-25(34)32-24-12-11-20(17-30-24)18-7-3-1-4-8-18/h1-15,17,28H,16H2,(H,29,31)(H,30,32,34)/b26-22-,33-28?. The molecule has 0 radical (unpaired) electrons. The first-order valence-corrected chi connectivity index (χ1v) is 10.5. The maximum Gasteiger partial charge on any atom is 0.231 e. The molecule has 168 valence electrons. The van der Waals surface area contributed by atoms with Gasteiger partial charge in [0.2, 0.25) is 11.9 Å². The Hall–Kier alpha value is -4.72. The van der Waals surface area contributed by atoms with Crippen molar-refractivity contribution < 1.29 is 9.18 Å². The van der Waals surface area contributed by atoms with E-state index in [9.17, 15) is 9.18 Å². The van der Waals surface area contributed by atoms with Gasteiger partial charge >= 0.3 is 0 Å². The molecule has 0 aliphatic heterocycles. The molecule has 0 atom stereocenters. The molecular formula is C26H21FN6O. The number of benzene rings is 2. The summed E-state index contributed by atoms with van der Waals surface area (Å²) in [7, 11) is 0. The van der Waals surface area contributed by atoms with Gasteiger partial charge in [0.25, 0.3) is 0 Å². The lowest BCUT2D eigenvalue weighted by molar-refractivity contribution is -0.115. The molecule has 34 heavy (non-hydrogen) atoms. The second kappa shape index (κ2) is 10.7. The normalized spacial score (nSPS) is 11.3. The Morgan fingerprint density at radius 1 is 0.882 bits per heavy atom. The SMILES string of the molecule is N=N/C(CC(=O)Nc1ccc(-c2ccccc2)cn1)=C(\Nc1ccnc(F)c1)c1ccccc1. The highest BCUT2D eigenvalue weighted by Gasteiger charge is 2.15. The van der Waals surface area contributed by atoms with Crippen molar-refractivity contribution in [3.63, 3.8) is 0 Å². The van der Waals surface area contributed by atoms with Crippen LogP contribution in [0.3, 0.4) is 0 Å². The summed E-state index contributed by atoms with van der Waals surface area (Å²) < 4.78 is 13.6. The number of hydrogen-bond donors (Lipinski definition) is 3. The molecule has 0 aliphatic rings. The van der Waals surface area contributed by atoms with E-state index in [0.29, 0.717) is 22.8 Å². The van der Waals surface area contributed by atoms with E-state index in [-0.39, 0.29) is 18.0 Å². The van der Waals surface area contributed by atoms with Crippen molar-refractivity contribution in [3.05, 3.63) is 115 Å². The van der Waals surface area contributed by atoms with Gasteiger partial charge in [-0.2, -0.15) is 9.50 Å². The van der Waals surface area contributed by atoms with Gasteiger partial charge in [0.05, 0.1) is 17.8 Å². The Morgan fingerprint density at radius 2 is 1.62 bits per heavy atom. The zero-order valence-corrected chi connectivity index (χ0v) is 18.1. The highest BCUT2D eigenvalue weighted by molar-refractivity contribution is 5.93. The fourth-order valence-corrected chi connectivity index (χ4v) is 3.33. The molecule has 4 rings (SSSR count). The van der Waals surface area contributed by atoms with E-state index in [4.69, 9.17) is 5.53 Å². The van der Waals surface area contributed by atoms with Gasteiger partial charge in [-0.15, -0.1) is 0 Å². The Balaban J connectivity index is 1.55. The van der Waals surface area contributed by atoms with Crippen molar-refractivity contribution in [3.8, 4) is 11.1 Å². The lowest BCUT2D eigenvalue weighted by atomic mass is 10.1. The molecule has 4 aromatic rings. The molecule has 0 fully saturated rings. The van der Waals surface area contributed by atoms with Gasteiger partial charge in [0, 0.05) is 29.7 Å². The van der Waals surface area contributed by atoms with Gasteiger partial charge in [0.1, 0.15) is 5.82 Å². The highest BCUT2D eigenvalue weighted by atomic mass is 19.1. The molecule has 0 saturated heterocycles. The maximum absolute atomic E-state index is 13.6. The predicted octanol–water partition coefficient (Wildman–Crippen LogP) is 6.12.